The number of nitrogens with one attached hydrogen (secondary N) is 2. The molecule has 0 unspecified atom stereocenters. The molecule has 6 nitrogen and oxygen atoms in total. The predicted octanol–water partition coefficient (Wildman–Crippen LogP) is 1.07. The lowest BCUT2D eigenvalue weighted by atomic mass is 10.1. The quantitative estimate of drug-likeness (QED) is 0.815. The van der Waals surface area contributed by atoms with Gasteiger partial charge in [-0.1, -0.05) is 0 Å². The van der Waals surface area contributed by atoms with E-state index >= 15 is 0 Å². The van der Waals surface area contributed by atoms with Crippen molar-refractivity contribution in [3.05, 3.63) is 17.3 Å². The van der Waals surface area contributed by atoms with E-state index in [9.17, 15) is 4.79 Å². The average molecular weight is 281 g/mol. The Kier molecular flexibility index (Phi) is 5.55. The normalized spacial score (nSPS) is 16.3. The minimum atomic E-state index is -0.0348. The minimum Gasteiger partial charge on any atom is -0.444 e. The number of hydrogen-bond donors (Lipinski definition) is 2. The third-order valence-electron chi connectivity index (χ3n) is 3.48. The number of rotatable bonds is 6. The van der Waals surface area contributed by atoms with Crippen LogP contribution < -0.4 is 10.6 Å². The lowest BCUT2D eigenvalue weighted by molar-refractivity contribution is -0.123. The Labute approximate surface area is 119 Å². The first-order chi connectivity index (χ1) is 9.65. The second-order valence-electron chi connectivity index (χ2n) is 5.10. The van der Waals surface area contributed by atoms with Crippen LogP contribution in [-0.4, -0.2) is 36.7 Å². The molecule has 2 rings (SSSR count). The number of carbonyl (C=O) groups is 1. The van der Waals surface area contributed by atoms with Gasteiger partial charge in [0.25, 0.3) is 0 Å². The summed E-state index contributed by atoms with van der Waals surface area (Å²) in [6, 6.07) is 0. The fourth-order valence-electron chi connectivity index (χ4n) is 2.16. The molecule has 1 aliphatic rings. The van der Waals surface area contributed by atoms with E-state index in [2.05, 4.69) is 15.6 Å². The molecule has 0 radical (unpaired) electrons. The second kappa shape index (κ2) is 7.40. The van der Waals surface area contributed by atoms with Crippen LogP contribution in [0.1, 0.15) is 36.6 Å². The molecule has 0 saturated carbocycles. The standard InChI is InChI=1S/C14H23N3O3/c1-10-11(2)20-14(17-10)9-16-13(18)5-8-19-12-3-6-15-7-4-12/h12,15H,3-9H2,1-2H3,(H,16,18). The highest BCUT2D eigenvalue weighted by molar-refractivity contribution is 5.75. The van der Waals surface area contributed by atoms with Crippen molar-refractivity contribution in [2.75, 3.05) is 19.7 Å². The van der Waals surface area contributed by atoms with Crippen LogP contribution in [0.4, 0.5) is 0 Å². The fraction of sp³-hybridized carbons (Fsp3) is 0.714. The van der Waals surface area contributed by atoms with Gasteiger partial charge in [-0.05, 0) is 39.8 Å². The predicted molar refractivity (Wildman–Crippen MR) is 74.3 cm³/mol. The van der Waals surface area contributed by atoms with Crippen molar-refractivity contribution in [2.24, 2.45) is 0 Å². The smallest absolute Gasteiger partial charge is 0.222 e. The number of oxazole rings is 1. The summed E-state index contributed by atoms with van der Waals surface area (Å²) < 4.78 is 11.1. The lowest BCUT2D eigenvalue weighted by Gasteiger charge is -2.22. The number of amides is 1. The molecule has 0 atom stereocenters. The van der Waals surface area contributed by atoms with E-state index in [-0.39, 0.29) is 5.91 Å². The first kappa shape index (κ1) is 15.0. The molecule has 20 heavy (non-hydrogen) atoms. The summed E-state index contributed by atoms with van der Waals surface area (Å²) in [7, 11) is 0. The summed E-state index contributed by atoms with van der Waals surface area (Å²) in [6.07, 6.45) is 2.72. The SMILES string of the molecule is Cc1nc(CNC(=O)CCOC2CCNCC2)oc1C. The topological polar surface area (TPSA) is 76.4 Å². The molecule has 1 amide bonds. The number of aryl methyl sites for hydroxylation is 2. The van der Waals surface area contributed by atoms with E-state index in [4.69, 9.17) is 9.15 Å². The van der Waals surface area contributed by atoms with Gasteiger partial charge in [0, 0.05) is 6.42 Å². The molecule has 112 valence electrons. The Morgan fingerprint density at radius 1 is 1.45 bits per heavy atom. The molecule has 1 aliphatic heterocycles. The Morgan fingerprint density at radius 2 is 2.20 bits per heavy atom. The van der Waals surface area contributed by atoms with Gasteiger partial charge in [-0.25, -0.2) is 4.98 Å². The molecule has 0 aliphatic carbocycles. The Morgan fingerprint density at radius 3 is 2.85 bits per heavy atom. The van der Waals surface area contributed by atoms with E-state index in [1.54, 1.807) is 0 Å². The summed E-state index contributed by atoms with van der Waals surface area (Å²) in [5.41, 5.74) is 0.864. The molecule has 2 N–H and O–H groups in total. The van der Waals surface area contributed by atoms with Crippen LogP contribution in [-0.2, 0) is 16.1 Å². The van der Waals surface area contributed by atoms with Crippen LogP contribution >= 0.6 is 0 Å². The highest BCUT2D eigenvalue weighted by atomic mass is 16.5. The van der Waals surface area contributed by atoms with E-state index in [0.717, 1.165) is 37.4 Å². The van der Waals surface area contributed by atoms with Gasteiger partial charge < -0.3 is 19.8 Å². The van der Waals surface area contributed by atoms with Crippen LogP contribution in [0, 0.1) is 13.8 Å². The van der Waals surface area contributed by atoms with Crippen molar-refractivity contribution in [3.63, 3.8) is 0 Å². The van der Waals surface area contributed by atoms with Gasteiger partial charge in [0.2, 0.25) is 11.8 Å². The largest absolute Gasteiger partial charge is 0.444 e. The Hall–Kier alpha value is -1.40. The third kappa shape index (κ3) is 4.61. The summed E-state index contributed by atoms with van der Waals surface area (Å²) in [5, 5.41) is 6.07. The van der Waals surface area contributed by atoms with Crippen molar-refractivity contribution >= 4 is 5.91 Å². The van der Waals surface area contributed by atoms with Crippen molar-refractivity contribution in [2.45, 2.75) is 45.8 Å². The molecule has 1 aromatic heterocycles. The fourth-order valence-corrected chi connectivity index (χ4v) is 2.16. The van der Waals surface area contributed by atoms with Gasteiger partial charge in [0.15, 0.2) is 0 Å². The molecule has 0 aromatic carbocycles. The van der Waals surface area contributed by atoms with Crippen molar-refractivity contribution in [1.82, 2.24) is 15.6 Å². The summed E-state index contributed by atoms with van der Waals surface area (Å²) >= 11 is 0. The maximum Gasteiger partial charge on any atom is 0.222 e. The zero-order valence-corrected chi connectivity index (χ0v) is 12.2. The molecule has 1 aromatic rings. The van der Waals surface area contributed by atoms with Gasteiger partial charge in [0.05, 0.1) is 24.9 Å². The molecular formula is C14H23N3O3. The third-order valence-corrected chi connectivity index (χ3v) is 3.48. The van der Waals surface area contributed by atoms with E-state index in [1.165, 1.54) is 0 Å². The maximum atomic E-state index is 11.7. The van der Waals surface area contributed by atoms with Crippen molar-refractivity contribution < 1.29 is 13.9 Å². The van der Waals surface area contributed by atoms with Crippen LogP contribution in [0.2, 0.25) is 0 Å². The number of ether oxygens (including phenoxy) is 1. The van der Waals surface area contributed by atoms with E-state index in [0.29, 0.717) is 31.6 Å². The summed E-state index contributed by atoms with van der Waals surface area (Å²) in [4.78, 5) is 15.9. The zero-order valence-electron chi connectivity index (χ0n) is 12.2. The molecule has 1 saturated heterocycles. The summed E-state index contributed by atoms with van der Waals surface area (Å²) in [5.74, 6) is 1.31. The first-order valence-corrected chi connectivity index (χ1v) is 7.17. The van der Waals surface area contributed by atoms with Crippen LogP contribution in [0.25, 0.3) is 0 Å². The van der Waals surface area contributed by atoms with E-state index < -0.39 is 0 Å². The Bertz CT molecular complexity index is 419. The molecule has 6 heteroatoms. The van der Waals surface area contributed by atoms with Gasteiger partial charge in [-0.15, -0.1) is 0 Å². The maximum absolute atomic E-state index is 11.7. The second-order valence-corrected chi connectivity index (χ2v) is 5.10. The number of piperidine rings is 1. The molecule has 0 bridgehead atoms. The Balaban J connectivity index is 1.60. The number of aromatic nitrogens is 1. The van der Waals surface area contributed by atoms with Crippen molar-refractivity contribution in [1.29, 1.82) is 0 Å². The highest BCUT2D eigenvalue weighted by Crippen LogP contribution is 2.08. The lowest BCUT2D eigenvalue weighted by Crippen LogP contribution is -2.33. The number of hydrogen-bond acceptors (Lipinski definition) is 5. The van der Waals surface area contributed by atoms with Crippen LogP contribution in [0.15, 0.2) is 4.42 Å². The molecule has 2 heterocycles. The van der Waals surface area contributed by atoms with Gasteiger partial charge in [-0.2, -0.15) is 0 Å². The number of nitrogens with zero attached hydrogens (tertiary/aromatic N) is 1. The number of carbonyl (C=O) groups excluding carboxylic acids is 1. The van der Waals surface area contributed by atoms with E-state index in [1.807, 2.05) is 13.8 Å². The molecular weight excluding hydrogens is 258 g/mol. The van der Waals surface area contributed by atoms with Crippen molar-refractivity contribution in [3.8, 4) is 0 Å². The molecule has 1 fully saturated rings. The zero-order chi connectivity index (χ0) is 14.4. The average Bonchev–Trinajstić information content (AvgIpc) is 2.77. The van der Waals surface area contributed by atoms with Gasteiger partial charge in [-0.3, -0.25) is 4.79 Å². The molecule has 0 spiro atoms. The van der Waals surface area contributed by atoms with Gasteiger partial charge >= 0.3 is 0 Å². The minimum absolute atomic E-state index is 0.0348. The van der Waals surface area contributed by atoms with Gasteiger partial charge in [0.1, 0.15) is 5.76 Å². The highest BCUT2D eigenvalue weighted by Gasteiger charge is 2.14. The monoisotopic (exact) mass is 281 g/mol. The first-order valence-electron chi connectivity index (χ1n) is 7.17. The van der Waals surface area contributed by atoms with Crippen LogP contribution in [0.3, 0.4) is 0 Å². The van der Waals surface area contributed by atoms with Crippen LogP contribution in [0.5, 0.6) is 0 Å². The summed E-state index contributed by atoms with van der Waals surface area (Å²) in [6.45, 7) is 6.55.